The van der Waals surface area contributed by atoms with Crippen LogP contribution in [-0.2, 0) is 0 Å². The predicted octanol–water partition coefficient (Wildman–Crippen LogP) is 2.97. The van der Waals surface area contributed by atoms with Gasteiger partial charge in [-0.2, -0.15) is 5.10 Å². The maximum absolute atomic E-state index is 4.21. The summed E-state index contributed by atoms with van der Waals surface area (Å²) < 4.78 is 0. The minimum atomic E-state index is 0.752. The maximum atomic E-state index is 4.21. The summed E-state index contributed by atoms with van der Waals surface area (Å²) in [7, 11) is 0. The zero-order chi connectivity index (χ0) is 9.26. The number of nitrogens with zero attached hydrogens (tertiary/aromatic N) is 1. The van der Waals surface area contributed by atoms with E-state index in [-0.39, 0.29) is 0 Å². The number of aromatic amines is 1. The van der Waals surface area contributed by atoms with Crippen molar-refractivity contribution in [3.05, 3.63) is 36.5 Å². The molecule has 0 amide bonds. The highest BCUT2D eigenvalue weighted by Gasteiger charge is 2.06. The SMILES string of the molecule is C=C(CBr)c1n[nH]c2ccccc12. The lowest BCUT2D eigenvalue weighted by atomic mass is 10.1. The minimum absolute atomic E-state index is 0.752. The van der Waals surface area contributed by atoms with E-state index in [1.807, 2.05) is 24.3 Å². The van der Waals surface area contributed by atoms with Crippen molar-refractivity contribution < 1.29 is 0 Å². The van der Waals surface area contributed by atoms with E-state index in [0.29, 0.717) is 0 Å². The zero-order valence-corrected chi connectivity index (χ0v) is 8.63. The van der Waals surface area contributed by atoms with Gasteiger partial charge < -0.3 is 0 Å². The normalized spacial score (nSPS) is 10.5. The van der Waals surface area contributed by atoms with Gasteiger partial charge in [0.05, 0.1) is 11.2 Å². The summed E-state index contributed by atoms with van der Waals surface area (Å²) in [6.07, 6.45) is 0. The number of fused-ring (bicyclic) bond motifs is 1. The van der Waals surface area contributed by atoms with Crippen molar-refractivity contribution in [2.45, 2.75) is 0 Å². The first-order chi connectivity index (χ1) is 6.33. The number of alkyl halides is 1. The van der Waals surface area contributed by atoms with E-state index in [0.717, 1.165) is 27.5 Å². The molecule has 3 heteroatoms. The molecule has 0 fully saturated rings. The highest BCUT2D eigenvalue weighted by atomic mass is 79.9. The third-order valence-electron chi connectivity index (χ3n) is 1.97. The summed E-state index contributed by atoms with van der Waals surface area (Å²) >= 11 is 3.37. The van der Waals surface area contributed by atoms with Crippen LogP contribution in [0.15, 0.2) is 30.8 Å². The van der Waals surface area contributed by atoms with Gasteiger partial charge >= 0.3 is 0 Å². The fourth-order valence-electron chi connectivity index (χ4n) is 1.30. The van der Waals surface area contributed by atoms with E-state index in [1.54, 1.807) is 0 Å². The molecular formula is C10H9BrN2. The Morgan fingerprint density at radius 1 is 1.46 bits per heavy atom. The Morgan fingerprint density at radius 3 is 3.00 bits per heavy atom. The summed E-state index contributed by atoms with van der Waals surface area (Å²) in [5.74, 6) is 0. The summed E-state index contributed by atoms with van der Waals surface area (Å²) in [5, 5.41) is 9.07. The summed E-state index contributed by atoms with van der Waals surface area (Å²) in [6, 6.07) is 8.04. The van der Waals surface area contributed by atoms with Gasteiger partial charge in [-0.25, -0.2) is 0 Å². The van der Waals surface area contributed by atoms with Gasteiger partial charge in [-0.15, -0.1) is 0 Å². The summed E-state index contributed by atoms with van der Waals surface area (Å²) in [4.78, 5) is 0. The zero-order valence-electron chi connectivity index (χ0n) is 7.05. The number of benzene rings is 1. The van der Waals surface area contributed by atoms with Crippen molar-refractivity contribution in [2.24, 2.45) is 0 Å². The van der Waals surface area contributed by atoms with Gasteiger partial charge in [0.2, 0.25) is 0 Å². The Bertz CT molecular complexity index is 445. The van der Waals surface area contributed by atoms with Gasteiger partial charge in [-0.3, -0.25) is 5.10 Å². The Morgan fingerprint density at radius 2 is 2.23 bits per heavy atom. The molecule has 2 rings (SSSR count). The fourth-order valence-corrected chi connectivity index (χ4v) is 1.56. The number of H-pyrrole nitrogens is 1. The molecule has 1 N–H and O–H groups in total. The smallest absolute Gasteiger partial charge is 0.0961 e. The number of rotatable bonds is 2. The molecule has 0 aliphatic carbocycles. The molecule has 2 nitrogen and oxygen atoms in total. The summed E-state index contributed by atoms with van der Waals surface area (Å²) in [5.41, 5.74) is 3.00. The van der Waals surface area contributed by atoms with Crippen molar-refractivity contribution in [1.82, 2.24) is 10.2 Å². The largest absolute Gasteiger partial charge is 0.277 e. The molecule has 0 atom stereocenters. The molecule has 66 valence electrons. The number of nitrogens with one attached hydrogen (secondary N) is 1. The summed E-state index contributed by atoms with van der Waals surface area (Å²) in [6.45, 7) is 3.94. The van der Waals surface area contributed by atoms with E-state index in [1.165, 1.54) is 0 Å². The van der Waals surface area contributed by atoms with Crippen molar-refractivity contribution in [3.8, 4) is 0 Å². The molecular weight excluding hydrogens is 228 g/mol. The van der Waals surface area contributed by atoms with Crippen LogP contribution in [0.5, 0.6) is 0 Å². The fraction of sp³-hybridized carbons (Fsp3) is 0.100. The van der Waals surface area contributed by atoms with Crippen molar-refractivity contribution in [1.29, 1.82) is 0 Å². The molecule has 0 saturated heterocycles. The van der Waals surface area contributed by atoms with Crippen LogP contribution in [0, 0.1) is 0 Å². The highest BCUT2D eigenvalue weighted by Crippen LogP contribution is 2.21. The van der Waals surface area contributed by atoms with Crippen LogP contribution in [0.1, 0.15) is 5.69 Å². The lowest BCUT2D eigenvalue weighted by Gasteiger charge is -1.95. The maximum Gasteiger partial charge on any atom is 0.0961 e. The molecule has 0 unspecified atom stereocenters. The molecule has 0 radical (unpaired) electrons. The van der Waals surface area contributed by atoms with Crippen LogP contribution in [0.3, 0.4) is 0 Å². The van der Waals surface area contributed by atoms with Crippen molar-refractivity contribution in [2.75, 3.05) is 5.33 Å². The van der Waals surface area contributed by atoms with E-state index in [2.05, 4.69) is 32.7 Å². The first kappa shape index (κ1) is 8.51. The third kappa shape index (κ3) is 1.40. The Labute approximate surface area is 84.8 Å². The lowest BCUT2D eigenvalue weighted by molar-refractivity contribution is 1.10. The van der Waals surface area contributed by atoms with E-state index >= 15 is 0 Å². The Kier molecular flexibility index (Phi) is 2.19. The number of allylic oxidation sites excluding steroid dienone is 1. The van der Waals surface area contributed by atoms with Crippen LogP contribution in [-0.4, -0.2) is 15.5 Å². The van der Waals surface area contributed by atoms with Crippen LogP contribution in [0.25, 0.3) is 16.5 Å². The Hall–Kier alpha value is -1.09. The molecule has 1 heterocycles. The van der Waals surface area contributed by atoms with Crippen LogP contribution < -0.4 is 0 Å². The molecule has 0 spiro atoms. The third-order valence-corrected chi connectivity index (χ3v) is 2.64. The second kappa shape index (κ2) is 3.34. The Balaban J connectivity index is 2.64. The molecule has 0 bridgehead atoms. The van der Waals surface area contributed by atoms with Gasteiger partial charge in [0.1, 0.15) is 0 Å². The monoisotopic (exact) mass is 236 g/mol. The van der Waals surface area contributed by atoms with Gasteiger partial charge in [-0.05, 0) is 11.6 Å². The average Bonchev–Trinajstić information content (AvgIpc) is 2.60. The second-order valence-electron chi connectivity index (χ2n) is 2.85. The van der Waals surface area contributed by atoms with Gasteiger partial charge in [-0.1, -0.05) is 40.7 Å². The molecule has 1 aromatic heterocycles. The number of para-hydroxylation sites is 1. The standard InChI is InChI=1S/C10H9BrN2/c1-7(6-11)10-8-4-2-3-5-9(8)12-13-10/h2-5H,1,6H2,(H,12,13). The lowest BCUT2D eigenvalue weighted by Crippen LogP contribution is -1.83. The topological polar surface area (TPSA) is 28.7 Å². The van der Waals surface area contributed by atoms with Crippen LogP contribution in [0.2, 0.25) is 0 Å². The van der Waals surface area contributed by atoms with Crippen LogP contribution in [0.4, 0.5) is 0 Å². The first-order valence-electron chi connectivity index (χ1n) is 4.00. The number of aromatic nitrogens is 2. The van der Waals surface area contributed by atoms with Gasteiger partial charge in [0.15, 0.2) is 0 Å². The predicted molar refractivity (Wildman–Crippen MR) is 58.9 cm³/mol. The molecule has 1 aromatic carbocycles. The molecule has 0 aliphatic heterocycles. The van der Waals surface area contributed by atoms with E-state index in [4.69, 9.17) is 0 Å². The van der Waals surface area contributed by atoms with Gasteiger partial charge in [0, 0.05) is 10.7 Å². The average molecular weight is 237 g/mol. The first-order valence-corrected chi connectivity index (χ1v) is 5.12. The number of hydrogen-bond acceptors (Lipinski definition) is 1. The van der Waals surface area contributed by atoms with E-state index < -0.39 is 0 Å². The van der Waals surface area contributed by atoms with Crippen LogP contribution >= 0.6 is 15.9 Å². The molecule has 0 saturated carbocycles. The highest BCUT2D eigenvalue weighted by molar-refractivity contribution is 9.09. The van der Waals surface area contributed by atoms with E-state index in [9.17, 15) is 0 Å². The molecule has 0 aliphatic rings. The van der Waals surface area contributed by atoms with Gasteiger partial charge in [0.25, 0.3) is 0 Å². The second-order valence-corrected chi connectivity index (χ2v) is 3.42. The van der Waals surface area contributed by atoms with Crippen molar-refractivity contribution >= 4 is 32.4 Å². The number of halogens is 1. The quantitative estimate of drug-likeness (QED) is 0.799. The minimum Gasteiger partial charge on any atom is -0.277 e. The number of hydrogen-bond donors (Lipinski definition) is 1. The molecule has 2 aromatic rings. The molecule has 13 heavy (non-hydrogen) atoms. The van der Waals surface area contributed by atoms with Crippen molar-refractivity contribution in [3.63, 3.8) is 0 Å².